The van der Waals surface area contributed by atoms with Crippen LogP contribution < -0.4 is 5.32 Å². The highest BCUT2D eigenvalue weighted by atomic mass is 19.1. The molecule has 1 rings (SSSR count). The first-order chi connectivity index (χ1) is 8.84. The Morgan fingerprint density at radius 2 is 1.89 bits per heavy atom. The van der Waals surface area contributed by atoms with E-state index in [2.05, 4.69) is 33.0 Å². The summed E-state index contributed by atoms with van der Waals surface area (Å²) in [6.45, 7) is 8.67. The van der Waals surface area contributed by atoms with E-state index in [4.69, 9.17) is 5.11 Å². The van der Waals surface area contributed by atoms with Gasteiger partial charge in [-0.1, -0.05) is 39.0 Å². The van der Waals surface area contributed by atoms with Gasteiger partial charge in [-0.3, -0.25) is 0 Å². The van der Waals surface area contributed by atoms with Crippen molar-refractivity contribution in [1.82, 2.24) is 5.32 Å². The zero-order valence-electron chi connectivity index (χ0n) is 12.4. The standard InChI is InChI=1S/C16H26FNO/c1-12(11-13-7-5-6-8-14(13)17)18-15(9-10-19)16(2,3)4/h5-8,12,15,18-19H,9-11H2,1-4H3. The monoisotopic (exact) mass is 267 g/mol. The van der Waals surface area contributed by atoms with E-state index < -0.39 is 0 Å². The molecule has 0 saturated carbocycles. The van der Waals surface area contributed by atoms with E-state index in [9.17, 15) is 4.39 Å². The number of hydrogen-bond acceptors (Lipinski definition) is 2. The molecule has 0 aliphatic carbocycles. The van der Waals surface area contributed by atoms with E-state index in [0.717, 1.165) is 5.56 Å². The maximum atomic E-state index is 13.6. The fraction of sp³-hybridized carbons (Fsp3) is 0.625. The molecular formula is C16H26FNO. The van der Waals surface area contributed by atoms with Crippen LogP contribution in [0, 0.1) is 11.2 Å². The van der Waals surface area contributed by atoms with Crippen molar-refractivity contribution in [3.8, 4) is 0 Å². The molecule has 1 aromatic rings. The first-order valence-electron chi connectivity index (χ1n) is 6.95. The normalized spacial score (nSPS) is 15.3. The Bertz CT molecular complexity index is 387. The van der Waals surface area contributed by atoms with Gasteiger partial charge in [-0.2, -0.15) is 0 Å². The van der Waals surface area contributed by atoms with Crippen molar-refractivity contribution >= 4 is 0 Å². The minimum atomic E-state index is -0.148. The number of halogens is 1. The quantitative estimate of drug-likeness (QED) is 0.830. The third-order valence-electron chi connectivity index (χ3n) is 3.43. The van der Waals surface area contributed by atoms with Crippen molar-refractivity contribution < 1.29 is 9.50 Å². The van der Waals surface area contributed by atoms with Crippen molar-refractivity contribution in [1.29, 1.82) is 0 Å². The minimum Gasteiger partial charge on any atom is -0.396 e. The summed E-state index contributed by atoms with van der Waals surface area (Å²) in [4.78, 5) is 0. The number of rotatable bonds is 6. The zero-order chi connectivity index (χ0) is 14.5. The largest absolute Gasteiger partial charge is 0.396 e. The van der Waals surface area contributed by atoms with Gasteiger partial charge >= 0.3 is 0 Å². The Kier molecular flexibility index (Phi) is 5.95. The summed E-state index contributed by atoms with van der Waals surface area (Å²) in [5, 5.41) is 12.7. The lowest BCUT2D eigenvalue weighted by atomic mass is 9.84. The summed E-state index contributed by atoms with van der Waals surface area (Å²) in [7, 11) is 0. The van der Waals surface area contributed by atoms with Gasteiger partial charge in [-0.25, -0.2) is 4.39 Å². The maximum absolute atomic E-state index is 13.6. The molecule has 0 fully saturated rings. The molecule has 108 valence electrons. The Morgan fingerprint density at radius 1 is 1.26 bits per heavy atom. The lowest BCUT2D eigenvalue weighted by molar-refractivity contribution is 0.187. The molecule has 3 heteroatoms. The smallest absolute Gasteiger partial charge is 0.126 e. The summed E-state index contributed by atoms with van der Waals surface area (Å²) >= 11 is 0. The SMILES string of the molecule is CC(Cc1ccccc1F)NC(CCO)C(C)(C)C. The first-order valence-corrected chi connectivity index (χ1v) is 6.95. The molecule has 1 aromatic carbocycles. The molecule has 0 radical (unpaired) electrons. The van der Waals surface area contributed by atoms with Crippen molar-refractivity contribution in [3.05, 3.63) is 35.6 Å². The number of aliphatic hydroxyl groups is 1. The van der Waals surface area contributed by atoms with Crippen LogP contribution in [0.25, 0.3) is 0 Å². The van der Waals surface area contributed by atoms with E-state index in [1.165, 1.54) is 6.07 Å². The second kappa shape index (κ2) is 7.01. The van der Waals surface area contributed by atoms with Crippen molar-refractivity contribution in [2.75, 3.05) is 6.61 Å². The molecule has 2 N–H and O–H groups in total. The van der Waals surface area contributed by atoms with Gasteiger partial charge in [0.25, 0.3) is 0 Å². The molecule has 19 heavy (non-hydrogen) atoms. The van der Waals surface area contributed by atoms with Gasteiger partial charge < -0.3 is 10.4 Å². The van der Waals surface area contributed by atoms with Crippen LogP contribution in [-0.4, -0.2) is 23.8 Å². The van der Waals surface area contributed by atoms with Gasteiger partial charge in [0.1, 0.15) is 5.82 Å². The summed E-state index contributed by atoms with van der Waals surface area (Å²) in [5.74, 6) is -0.148. The fourth-order valence-electron chi connectivity index (χ4n) is 2.29. The van der Waals surface area contributed by atoms with E-state index in [1.807, 2.05) is 12.1 Å². The van der Waals surface area contributed by atoms with Crippen LogP contribution in [-0.2, 0) is 6.42 Å². The highest BCUT2D eigenvalue weighted by molar-refractivity contribution is 5.18. The topological polar surface area (TPSA) is 32.3 Å². The van der Waals surface area contributed by atoms with Gasteiger partial charge in [0.2, 0.25) is 0 Å². The molecule has 0 aliphatic rings. The van der Waals surface area contributed by atoms with E-state index in [1.54, 1.807) is 6.07 Å². The number of nitrogens with one attached hydrogen (secondary N) is 1. The molecule has 0 aromatic heterocycles. The van der Waals surface area contributed by atoms with Gasteiger partial charge in [-0.15, -0.1) is 0 Å². The predicted octanol–water partition coefficient (Wildman–Crippen LogP) is 3.14. The summed E-state index contributed by atoms with van der Waals surface area (Å²) in [6, 6.07) is 7.29. The molecule has 0 spiro atoms. The van der Waals surface area contributed by atoms with Crippen LogP contribution >= 0.6 is 0 Å². The third kappa shape index (κ3) is 5.29. The minimum absolute atomic E-state index is 0.0756. The molecule has 2 nitrogen and oxygen atoms in total. The second-order valence-electron chi connectivity index (χ2n) is 6.29. The molecule has 0 aliphatic heterocycles. The molecular weight excluding hydrogens is 241 g/mol. The average Bonchev–Trinajstić information content (AvgIpc) is 2.30. The van der Waals surface area contributed by atoms with Crippen LogP contribution in [0.15, 0.2) is 24.3 Å². The number of benzene rings is 1. The maximum Gasteiger partial charge on any atom is 0.126 e. The van der Waals surface area contributed by atoms with E-state index >= 15 is 0 Å². The molecule has 0 bridgehead atoms. The van der Waals surface area contributed by atoms with Crippen LogP contribution in [0.2, 0.25) is 0 Å². The zero-order valence-corrected chi connectivity index (χ0v) is 12.4. The fourth-order valence-corrected chi connectivity index (χ4v) is 2.29. The van der Waals surface area contributed by atoms with Crippen LogP contribution in [0.1, 0.15) is 39.7 Å². The first kappa shape index (κ1) is 16.1. The van der Waals surface area contributed by atoms with Crippen LogP contribution in [0.4, 0.5) is 4.39 Å². The Morgan fingerprint density at radius 3 is 2.42 bits per heavy atom. The number of hydrogen-bond donors (Lipinski definition) is 2. The third-order valence-corrected chi connectivity index (χ3v) is 3.43. The predicted molar refractivity (Wildman–Crippen MR) is 77.6 cm³/mol. The lowest BCUT2D eigenvalue weighted by Crippen LogP contribution is -2.46. The van der Waals surface area contributed by atoms with Crippen molar-refractivity contribution in [3.63, 3.8) is 0 Å². The lowest BCUT2D eigenvalue weighted by Gasteiger charge is -2.34. The van der Waals surface area contributed by atoms with Gasteiger partial charge in [0, 0.05) is 18.7 Å². The average molecular weight is 267 g/mol. The van der Waals surface area contributed by atoms with E-state index in [0.29, 0.717) is 12.8 Å². The van der Waals surface area contributed by atoms with Gasteiger partial charge in [0.05, 0.1) is 0 Å². The highest BCUT2D eigenvalue weighted by Gasteiger charge is 2.25. The van der Waals surface area contributed by atoms with Crippen molar-refractivity contribution in [2.45, 2.75) is 52.6 Å². The summed E-state index contributed by atoms with van der Waals surface area (Å²) in [5.41, 5.74) is 0.811. The molecule has 0 heterocycles. The van der Waals surface area contributed by atoms with Crippen molar-refractivity contribution in [2.24, 2.45) is 5.41 Å². The summed E-state index contributed by atoms with van der Waals surface area (Å²) in [6.07, 6.45) is 1.37. The highest BCUT2D eigenvalue weighted by Crippen LogP contribution is 2.22. The molecule has 2 atom stereocenters. The van der Waals surface area contributed by atoms with Crippen LogP contribution in [0.5, 0.6) is 0 Å². The number of aliphatic hydroxyl groups excluding tert-OH is 1. The molecule has 2 unspecified atom stereocenters. The van der Waals surface area contributed by atoms with Gasteiger partial charge in [-0.05, 0) is 36.8 Å². The Balaban J connectivity index is 2.63. The van der Waals surface area contributed by atoms with Crippen LogP contribution in [0.3, 0.4) is 0 Å². The second-order valence-corrected chi connectivity index (χ2v) is 6.29. The Hall–Kier alpha value is -0.930. The molecule has 0 amide bonds. The van der Waals surface area contributed by atoms with E-state index in [-0.39, 0.29) is 29.9 Å². The molecule has 0 saturated heterocycles. The van der Waals surface area contributed by atoms with Gasteiger partial charge in [0.15, 0.2) is 0 Å². The summed E-state index contributed by atoms with van der Waals surface area (Å²) < 4.78 is 13.6. The Labute approximate surface area is 116 Å².